The summed E-state index contributed by atoms with van der Waals surface area (Å²) in [6.45, 7) is 4.17. The molecule has 3 nitrogen and oxygen atoms in total. The lowest BCUT2D eigenvalue weighted by atomic mass is 10.1. The van der Waals surface area contributed by atoms with Crippen LogP contribution in [0.5, 0.6) is 0 Å². The summed E-state index contributed by atoms with van der Waals surface area (Å²) in [7, 11) is 1.94. The zero-order valence-corrected chi connectivity index (χ0v) is 16.0. The number of thioether (sulfide) groups is 1. The number of amides is 1. The van der Waals surface area contributed by atoms with Crippen LogP contribution in [-0.2, 0) is 11.8 Å². The molecule has 0 fully saturated rings. The van der Waals surface area contributed by atoms with Crippen LogP contribution >= 0.6 is 23.1 Å². The van der Waals surface area contributed by atoms with Crippen molar-refractivity contribution < 1.29 is 9.18 Å². The van der Waals surface area contributed by atoms with Crippen molar-refractivity contribution in [3.8, 4) is 0 Å². The maximum atomic E-state index is 12.9. The van der Waals surface area contributed by atoms with Gasteiger partial charge in [0.2, 0.25) is 5.91 Å². The second-order valence-corrected chi connectivity index (χ2v) is 8.08. The molecule has 1 amide bonds. The lowest BCUT2D eigenvalue weighted by Crippen LogP contribution is -2.13. The van der Waals surface area contributed by atoms with E-state index in [1.165, 1.54) is 46.4 Å². The Morgan fingerprint density at radius 3 is 2.60 bits per heavy atom. The fraction of sp³-hybridized carbons (Fsp3) is 0.263. The Hall–Kier alpha value is -1.92. The van der Waals surface area contributed by atoms with E-state index < -0.39 is 0 Å². The quantitative estimate of drug-likeness (QED) is 0.625. The van der Waals surface area contributed by atoms with Gasteiger partial charge >= 0.3 is 0 Å². The van der Waals surface area contributed by atoms with Crippen molar-refractivity contribution in [1.82, 2.24) is 4.57 Å². The molecule has 130 valence electrons. The normalized spacial score (nSPS) is 12.1. The van der Waals surface area contributed by atoms with Crippen LogP contribution in [0.2, 0.25) is 0 Å². The summed E-state index contributed by atoms with van der Waals surface area (Å²) in [4.78, 5) is 18.1. The number of rotatable bonds is 4. The third kappa shape index (κ3) is 4.19. The molecule has 3 rings (SSSR count). The number of nitrogens with zero attached hydrogens (tertiary/aromatic N) is 2. The molecule has 1 heterocycles. The maximum Gasteiger partial charge on any atom is 0.249 e. The summed E-state index contributed by atoms with van der Waals surface area (Å²) in [5.41, 5.74) is 3.57. The zero-order chi connectivity index (χ0) is 18.0. The molecule has 0 atom stereocenters. The van der Waals surface area contributed by atoms with Crippen LogP contribution in [0.4, 0.5) is 4.39 Å². The van der Waals surface area contributed by atoms with Gasteiger partial charge in [0, 0.05) is 24.1 Å². The van der Waals surface area contributed by atoms with Gasteiger partial charge in [-0.2, -0.15) is 4.99 Å². The lowest BCUT2D eigenvalue weighted by molar-refractivity contribution is -0.117. The molecule has 0 bridgehead atoms. The molecule has 2 aromatic carbocycles. The van der Waals surface area contributed by atoms with Gasteiger partial charge in [-0.05, 0) is 61.4 Å². The largest absolute Gasteiger partial charge is 0.319 e. The summed E-state index contributed by atoms with van der Waals surface area (Å²) >= 11 is 3.06. The number of hydrogen-bond acceptors (Lipinski definition) is 3. The van der Waals surface area contributed by atoms with Crippen molar-refractivity contribution in [3.63, 3.8) is 0 Å². The minimum absolute atomic E-state index is 0.134. The van der Waals surface area contributed by atoms with Crippen molar-refractivity contribution >= 4 is 39.2 Å². The smallest absolute Gasteiger partial charge is 0.249 e. The van der Waals surface area contributed by atoms with E-state index in [-0.39, 0.29) is 11.7 Å². The summed E-state index contributed by atoms with van der Waals surface area (Å²) < 4.78 is 16.0. The standard InChI is InChI=1S/C19H19FN2OS2/c1-12-10-16-17(11-13(12)2)25-19(22(16)3)21-18(23)8-9-24-15-6-4-14(20)5-7-15/h4-7,10-11H,8-9H2,1-3H3. The summed E-state index contributed by atoms with van der Waals surface area (Å²) in [6, 6.07) is 10.6. The van der Waals surface area contributed by atoms with E-state index >= 15 is 0 Å². The third-order valence-electron chi connectivity index (χ3n) is 4.04. The topological polar surface area (TPSA) is 34.4 Å². The van der Waals surface area contributed by atoms with Gasteiger partial charge < -0.3 is 4.57 Å². The van der Waals surface area contributed by atoms with E-state index in [2.05, 4.69) is 31.0 Å². The lowest BCUT2D eigenvalue weighted by Gasteiger charge is -2.01. The molecule has 0 aliphatic rings. The minimum atomic E-state index is -0.252. The van der Waals surface area contributed by atoms with Crippen LogP contribution in [0, 0.1) is 19.7 Å². The Balaban J connectivity index is 1.71. The zero-order valence-electron chi connectivity index (χ0n) is 14.4. The maximum absolute atomic E-state index is 12.9. The number of benzene rings is 2. The highest BCUT2D eigenvalue weighted by molar-refractivity contribution is 7.99. The summed E-state index contributed by atoms with van der Waals surface area (Å²) in [5.74, 6) is 0.240. The van der Waals surface area contributed by atoms with Gasteiger partial charge in [-0.3, -0.25) is 4.79 Å². The van der Waals surface area contributed by atoms with Gasteiger partial charge in [-0.1, -0.05) is 11.3 Å². The number of carbonyl (C=O) groups is 1. The molecule has 0 aliphatic carbocycles. The van der Waals surface area contributed by atoms with Crippen molar-refractivity contribution in [2.24, 2.45) is 12.0 Å². The molecular formula is C19H19FN2OS2. The number of hydrogen-bond donors (Lipinski definition) is 0. The summed E-state index contributed by atoms with van der Waals surface area (Å²) in [5, 5.41) is 0. The van der Waals surface area contributed by atoms with E-state index in [0.717, 1.165) is 19.9 Å². The van der Waals surface area contributed by atoms with Crippen molar-refractivity contribution in [2.75, 3.05) is 5.75 Å². The van der Waals surface area contributed by atoms with Crippen molar-refractivity contribution in [1.29, 1.82) is 0 Å². The number of fused-ring (bicyclic) bond motifs is 1. The van der Waals surface area contributed by atoms with E-state index in [0.29, 0.717) is 12.2 Å². The van der Waals surface area contributed by atoms with Crippen molar-refractivity contribution in [2.45, 2.75) is 25.2 Å². The molecule has 0 saturated carbocycles. The fourth-order valence-electron chi connectivity index (χ4n) is 2.44. The summed E-state index contributed by atoms with van der Waals surface area (Å²) in [6.07, 6.45) is 0.355. The number of halogens is 1. The van der Waals surface area contributed by atoms with E-state index in [1.807, 2.05) is 11.6 Å². The van der Waals surface area contributed by atoms with Crippen LogP contribution < -0.4 is 4.80 Å². The van der Waals surface area contributed by atoms with Gasteiger partial charge in [-0.25, -0.2) is 4.39 Å². The Morgan fingerprint density at radius 2 is 1.88 bits per heavy atom. The second kappa shape index (κ2) is 7.54. The van der Waals surface area contributed by atoms with Crippen LogP contribution in [-0.4, -0.2) is 16.2 Å². The van der Waals surface area contributed by atoms with Crippen LogP contribution in [0.15, 0.2) is 46.3 Å². The van der Waals surface area contributed by atoms with Crippen molar-refractivity contribution in [3.05, 3.63) is 58.1 Å². The number of thiazole rings is 1. The molecule has 0 radical (unpaired) electrons. The van der Waals surface area contributed by atoms with Gasteiger partial charge in [0.25, 0.3) is 0 Å². The average Bonchev–Trinajstić information content (AvgIpc) is 2.85. The van der Waals surface area contributed by atoms with Crippen LogP contribution in [0.1, 0.15) is 17.5 Å². The molecule has 0 aliphatic heterocycles. The molecule has 0 spiro atoms. The Kier molecular flexibility index (Phi) is 5.39. The first kappa shape index (κ1) is 17.9. The SMILES string of the molecule is Cc1cc2sc(=NC(=O)CCSc3ccc(F)cc3)n(C)c2cc1C. The average molecular weight is 375 g/mol. The van der Waals surface area contributed by atoms with Gasteiger partial charge in [0.05, 0.1) is 10.2 Å². The van der Waals surface area contributed by atoms with Gasteiger partial charge in [0.15, 0.2) is 4.80 Å². The predicted molar refractivity (Wildman–Crippen MR) is 103 cm³/mol. The van der Waals surface area contributed by atoms with Crippen LogP contribution in [0.3, 0.4) is 0 Å². The molecule has 3 aromatic rings. The molecule has 0 N–H and O–H groups in total. The van der Waals surface area contributed by atoms with Crippen LogP contribution in [0.25, 0.3) is 10.2 Å². The Labute approximate surface area is 154 Å². The van der Waals surface area contributed by atoms with E-state index in [4.69, 9.17) is 0 Å². The monoisotopic (exact) mass is 374 g/mol. The fourth-order valence-corrected chi connectivity index (χ4v) is 4.39. The molecule has 0 unspecified atom stereocenters. The minimum Gasteiger partial charge on any atom is -0.319 e. The molecular weight excluding hydrogens is 355 g/mol. The van der Waals surface area contributed by atoms with Gasteiger partial charge in [-0.15, -0.1) is 11.8 Å². The van der Waals surface area contributed by atoms with E-state index in [9.17, 15) is 9.18 Å². The third-order valence-corrected chi connectivity index (χ3v) is 6.15. The molecule has 1 aromatic heterocycles. The highest BCUT2D eigenvalue weighted by Gasteiger charge is 2.07. The number of aromatic nitrogens is 1. The first-order chi connectivity index (χ1) is 11.9. The molecule has 6 heteroatoms. The van der Waals surface area contributed by atoms with E-state index in [1.54, 1.807) is 12.1 Å². The predicted octanol–water partition coefficient (Wildman–Crippen LogP) is 4.61. The molecule has 0 saturated heterocycles. The Morgan fingerprint density at radius 1 is 1.20 bits per heavy atom. The van der Waals surface area contributed by atoms with Gasteiger partial charge in [0.1, 0.15) is 5.82 Å². The first-order valence-corrected chi connectivity index (χ1v) is 9.77. The Bertz CT molecular complexity index is 987. The highest BCUT2D eigenvalue weighted by Crippen LogP contribution is 2.21. The first-order valence-electron chi connectivity index (χ1n) is 7.97. The number of aryl methyl sites for hydroxylation is 3. The molecule has 25 heavy (non-hydrogen) atoms. The highest BCUT2D eigenvalue weighted by atomic mass is 32.2. The number of carbonyl (C=O) groups excluding carboxylic acids is 1. The second-order valence-electron chi connectivity index (χ2n) is 5.91.